The Hall–Kier alpha value is -2.30. The Morgan fingerprint density at radius 3 is 2.11 bits per heavy atom. The smallest absolute Gasteiger partial charge is 0.330 e. The zero-order valence-electron chi connectivity index (χ0n) is 22.1. The standard InChI is InChI=1S/C30H46O5/c1-4-6-7-8-9-10-21-33-28-18-15-25(16-19-28)17-20-29(31)34-22-26-11-13-27(14-12-26)23-35-30(32)24(3)5-2/h15-20,24,26-27H,4-14,21-23H2,1-3H3/b20-17+/t24?,26-,27-. The van der Waals surface area contributed by atoms with Crippen LogP contribution >= 0.6 is 0 Å². The summed E-state index contributed by atoms with van der Waals surface area (Å²) in [6, 6.07) is 7.80. The van der Waals surface area contributed by atoms with Crippen LogP contribution in [0.5, 0.6) is 5.75 Å². The molecule has 196 valence electrons. The number of benzene rings is 1. The highest BCUT2D eigenvalue weighted by atomic mass is 16.5. The molecule has 1 aromatic carbocycles. The van der Waals surface area contributed by atoms with E-state index in [0.29, 0.717) is 25.0 Å². The summed E-state index contributed by atoms with van der Waals surface area (Å²) in [6.07, 6.45) is 15.6. The molecule has 0 spiro atoms. The maximum atomic E-state index is 12.1. The number of hydrogen-bond donors (Lipinski definition) is 0. The van der Waals surface area contributed by atoms with Gasteiger partial charge in [-0.15, -0.1) is 0 Å². The van der Waals surface area contributed by atoms with Crippen molar-refractivity contribution >= 4 is 18.0 Å². The maximum Gasteiger partial charge on any atom is 0.330 e. The summed E-state index contributed by atoms with van der Waals surface area (Å²) in [7, 11) is 0. The van der Waals surface area contributed by atoms with Crippen LogP contribution < -0.4 is 4.74 Å². The summed E-state index contributed by atoms with van der Waals surface area (Å²) in [5, 5.41) is 0. The third-order valence-electron chi connectivity index (χ3n) is 6.96. The number of carbonyl (C=O) groups is 2. The van der Waals surface area contributed by atoms with Crippen LogP contribution in [0, 0.1) is 17.8 Å². The van der Waals surface area contributed by atoms with E-state index < -0.39 is 0 Å². The molecule has 5 nitrogen and oxygen atoms in total. The molecule has 0 saturated heterocycles. The second-order valence-electron chi connectivity index (χ2n) is 9.97. The van der Waals surface area contributed by atoms with Crippen molar-refractivity contribution in [3.8, 4) is 5.75 Å². The molecule has 1 atom stereocenters. The fourth-order valence-corrected chi connectivity index (χ4v) is 4.23. The molecule has 1 aliphatic carbocycles. The highest BCUT2D eigenvalue weighted by Crippen LogP contribution is 2.29. The molecular weight excluding hydrogens is 440 g/mol. The molecule has 0 heterocycles. The lowest BCUT2D eigenvalue weighted by Crippen LogP contribution is -2.24. The summed E-state index contributed by atoms with van der Waals surface area (Å²) >= 11 is 0. The SMILES string of the molecule is CCCCCCCCOc1ccc(/C=C/C(=O)OC[C@H]2CC[C@H](COC(=O)C(C)CC)CC2)cc1. The van der Waals surface area contributed by atoms with E-state index in [9.17, 15) is 9.59 Å². The first-order valence-corrected chi connectivity index (χ1v) is 13.8. The fourth-order valence-electron chi connectivity index (χ4n) is 4.23. The number of unbranched alkanes of at least 4 members (excludes halogenated alkanes) is 5. The summed E-state index contributed by atoms with van der Waals surface area (Å²) < 4.78 is 16.7. The van der Waals surface area contributed by atoms with Gasteiger partial charge in [0.05, 0.1) is 25.7 Å². The van der Waals surface area contributed by atoms with Crippen molar-refractivity contribution in [2.45, 2.75) is 91.4 Å². The predicted octanol–water partition coefficient (Wildman–Crippen LogP) is 7.38. The van der Waals surface area contributed by atoms with Gasteiger partial charge in [-0.1, -0.05) is 65.0 Å². The zero-order chi connectivity index (χ0) is 25.3. The molecule has 1 fully saturated rings. The average Bonchev–Trinajstić information content (AvgIpc) is 2.89. The summed E-state index contributed by atoms with van der Waals surface area (Å²) in [5.74, 6) is 1.25. The van der Waals surface area contributed by atoms with Crippen LogP contribution in [0.25, 0.3) is 6.08 Å². The molecule has 35 heavy (non-hydrogen) atoms. The van der Waals surface area contributed by atoms with Crippen LogP contribution in [0.4, 0.5) is 0 Å². The minimum atomic E-state index is -0.307. The Balaban J connectivity index is 1.58. The number of hydrogen-bond acceptors (Lipinski definition) is 5. The Morgan fingerprint density at radius 1 is 0.886 bits per heavy atom. The van der Waals surface area contributed by atoms with Crippen molar-refractivity contribution in [3.05, 3.63) is 35.9 Å². The molecule has 0 radical (unpaired) electrons. The van der Waals surface area contributed by atoms with E-state index >= 15 is 0 Å². The first-order chi connectivity index (χ1) is 17.0. The monoisotopic (exact) mass is 486 g/mol. The van der Waals surface area contributed by atoms with E-state index in [0.717, 1.165) is 56.4 Å². The van der Waals surface area contributed by atoms with Crippen molar-refractivity contribution in [3.63, 3.8) is 0 Å². The van der Waals surface area contributed by atoms with Crippen LogP contribution in [0.3, 0.4) is 0 Å². The molecule has 0 amide bonds. The fraction of sp³-hybridized carbons (Fsp3) is 0.667. The van der Waals surface area contributed by atoms with Gasteiger partial charge in [-0.2, -0.15) is 0 Å². The van der Waals surface area contributed by atoms with E-state index in [-0.39, 0.29) is 17.9 Å². The average molecular weight is 487 g/mol. The van der Waals surface area contributed by atoms with Crippen LogP contribution in [0.15, 0.2) is 30.3 Å². The second-order valence-corrected chi connectivity index (χ2v) is 9.97. The predicted molar refractivity (Wildman–Crippen MR) is 141 cm³/mol. The van der Waals surface area contributed by atoms with Crippen LogP contribution in [0.2, 0.25) is 0 Å². The highest BCUT2D eigenvalue weighted by molar-refractivity contribution is 5.87. The van der Waals surface area contributed by atoms with Crippen LogP contribution in [-0.2, 0) is 19.1 Å². The molecule has 1 unspecified atom stereocenters. The van der Waals surface area contributed by atoms with E-state index in [4.69, 9.17) is 14.2 Å². The molecule has 0 N–H and O–H groups in total. The van der Waals surface area contributed by atoms with Gasteiger partial charge >= 0.3 is 11.9 Å². The molecule has 1 aliphatic rings. The van der Waals surface area contributed by atoms with Crippen molar-refractivity contribution in [1.29, 1.82) is 0 Å². The van der Waals surface area contributed by atoms with Crippen LogP contribution in [0.1, 0.15) is 97.0 Å². The van der Waals surface area contributed by atoms with Gasteiger partial charge in [0, 0.05) is 6.08 Å². The molecule has 5 heteroatoms. The van der Waals surface area contributed by atoms with Crippen molar-refractivity contribution in [2.75, 3.05) is 19.8 Å². The molecular formula is C30H46O5. The molecule has 0 aliphatic heterocycles. The molecule has 1 saturated carbocycles. The Bertz CT molecular complexity index is 747. The lowest BCUT2D eigenvalue weighted by atomic mass is 9.83. The van der Waals surface area contributed by atoms with Gasteiger partial charge in [0.1, 0.15) is 5.75 Å². The number of esters is 2. The molecule has 2 rings (SSSR count). The van der Waals surface area contributed by atoms with Gasteiger partial charge in [-0.3, -0.25) is 4.79 Å². The minimum absolute atomic E-state index is 0.0278. The number of carbonyl (C=O) groups excluding carboxylic acids is 2. The lowest BCUT2D eigenvalue weighted by Gasteiger charge is -2.28. The minimum Gasteiger partial charge on any atom is -0.494 e. The topological polar surface area (TPSA) is 61.8 Å². The largest absolute Gasteiger partial charge is 0.494 e. The van der Waals surface area contributed by atoms with E-state index in [1.165, 1.54) is 38.2 Å². The van der Waals surface area contributed by atoms with Crippen LogP contribution in [-0.4, -0.2) is 31.8 Å². The lowest BCUT2D eigenvalue weighted by molar-refractivity contribution is -0.150. The summed E-state index contributed by atoms with van der Waals surface area (Å²) in [4.78, 5) is 24.0. The van der Waals surface area contributed by atoms with Gasteiger partial charge in [0.25, 0.3) is 0 Å². The van der Waals surface area contributed by atoms with E-state index in [1.807, 2.05) is 38.1 Å². The summed E-state index contributed by atoms with van der Waals surface area (Å²) in [6.45, 7) is 7.85. The van der Waals surface area contributed by atoms with Gasteiger partial charge in [-0.25, -0.2) is 4.79 Å². The third kappa shape index (κ3) is 12.3. The Labute approximate surface area is 212 Å². The first-order valence-electron chi connectivity index (χ1n) is 13.8. The van der Waals surface area contributed by atoms with E-state index in [2.05, 4.69) is 6.92 Å². The second kappa shape index (κ2) is 17.2. The van der Waals surface area contributed by atoms with Crippen molar-refractivity contribution in [2.24, 2.45) is 17.8 Å². The normalized spacial score (nSPS) is 18.8. The highest BCUT2D eigenvalue weighted by Gasteiger charge is 2.24. The van der Waals surface area contributed by atoms with Gasteiger partial charge in [0.15, 0.2) is 0 Å². The molecule has 0 aromatic heterocycles. The van der Waals surface area contributed by atoms with Gasteiger partial charge < -0.3 is 14.2 Å². The van der Waals surface area contributed by atoms with Crippen molar-refractivity contribution < 1.29 is 23.8 Å². The number of rotatable bonds is 16. The van der Waals surface area contributed by atoms with Gasteiger partial charge in [-0.05, 0) is 74.1 Å². The van der Waals surface area contributed by atoms with Gasteiger partial charge in [0.2, 0.25) is 0 Å². The van der Waals surface area contributed by atoms with Crippen molar-refractivity contribution in [1.82, 2.24) is 0 Å². The third-order valence-corrected chi connectivity index (χ3v) is 6.96. The Kier molecular flexibility index (Phi) is 14.2. The maximum absolute atomic E-state index is 12.1. The Morgan fingerprint density at radius 2 is 1.49 bits per heavy atom. The number of ether oxygens (including phenoxy) is 3. The first kappa shape index (κ1) is 28.9. The summed E-state index contributed by atoms with van der Waals surface area (Å²) in [5.41, 5.74) is 0.946. The molecule has 0 bridgehead atoms. The molecule has 1 aromatic rings. The quantitative estimate of drug-likeness (QED) is 0.139. The zero-order valence-corrected chi connectivity index (χ0v) is 22.1. The van der Waals surface area contributed by atoms with E-state index in [1.54, 1.807) is 6.08 Å².